The van der Waals surface area contributed by atoms with Crippen molar-refractivity contribution in [3.8, 4) is 0 Å². The van der Waals surface area contributed by atoms with Gasteiger partial charge in [0.1, 0.15) is 6.04 Å². The summed E-state index contributed by atoms with van der Waals surface area (Å²) in [6.45, 7) is 3.50. The first-order valence-electron chi connectivity index (χ1n) is 6.56. The van der Waals surface area contributed by atoms with Crippen LogP contribution in [0.3, 0.4) is 0 Å². The Labute approximate surface area is 113 Å². The SMILES string of the molecule is CCC[C@H](C(=O)O)N(C(=O)CC)[C@@H]1CCS(=O)(=O)C1. The van der Waals surface area contributed by atoms with E-state index in [2.05, 4.69) is 0 Å². The zero-order valence-corrected chi connectivity index (χ0v) is 12.1. The summed E-state index contributed by atoms with van der Waals surface area (Å²) in [5, 5.41) is 9.27. The third-order valence-electron chi connectivity index (χ3n) is 3.38. The van der Waals surface area contributed by atoms with Gasteiger partial charge in [0.25, 0.3) is 0 Å². The Hall–Kier alpha value is -1.11. The van der Waals surface area contributed by atoms with E-state index in [4.69, 9.17) is 0 Å². The van der Waals surface area contributed by atoms with Crippen LogP contribution >= 0.6 is 0 Å². The van der Waals surface area contributed by atoms with Crippen molar-refractivity contribution in [3.05, 3.63) is 0 Å². The van der Waals surface area contributed by atoms with Crippen LogP contribution in [0.5, 0.6) is 0 Å². The lowest BCUT2D eigenvalue weighted by atomic mass is 10.1. The Kier molecular flexibility index (Phi) is 5.34. The average molecular weight is 291 g/mol. The highest BCUT2D eigenvalue weighted by Gasteiger charge is 2.39. The molecule has 0 aromatic heterocycles. The van der Waals surface area contributed by atoms with Gasteiger partial charge in [0.2, 0.25) is 5.91 Å². The fraction of sp³-hybridized carbons (Fsp3) is 0.833. The van der Waals surface area contributed by atoms with Gasteiger partial charge in [-0.3, -0.25) is 4.79 Å². The van der Waals surface area contributed by atoms with Gasteiger partial charge < -0.3 is 10.0 Å². The van der Waals surface area contributed by atoms with E-state index in [1.165, 1.54) is 4.90 Å². The standard InChI is InChI=1S/C12H21NO5S/c1-3-5-10(12(15)16)13(11(14)4-2)9-6-7-19(17,18)8-9/h9-10H,3-8H2,1-2H3,(H,15,16)/t9-,10-/m1/s1. The van der Waals surface area contributed by atoms with Crippen LogP contribution < -0.4 is 0 Å². The van der Waals surface area contributed by atoms with E-state index in [1.54, 1.807) is 6.92 Å². The highest BCUT2D eigenvalue weighted by molar-refractivity contribution is 7.91. The fourth-order valence-corrected chi connectivity index (χ4v) is 4.18. The molecule has 1 amide bonds. The van der Waals surface area contributed by atoms with Crippen molar-refractivity contribution in [1.29, 1.82) is 0 Å². The van der Waals surface area contributed by atoms with Crippen molar-refractivity contribution in [2.24, 2.45) is 0 Å². The van der Waals surface area contributed by atoms with Crippen molar-refractivity contribution >= 4 is 21.7 Å². The van der Waals surface area contributed by atoms with E-state index in [0.29, 0.717) is 19.3 Å². The minimum atomic E-state index is -3.14. The first kappa shape index (κ1) is 15.9. The number of nitrogens with zero attached hydrogens (tertiary/aromatic N) is 1. The number of hydrogen-bond acceptors (Lipinski definition) is 4. The molecule has 0 unspecified atom stereocenters. The smallest absolute Gasteiger partial charge is 0.326 e. The molecule has 6 nitrogen and oxygen atoms in total. The molecule has 0 aromatic rings. The Balaban J connectivity index is 3.00. The van der Waals surface area contributed by atoms with Crippen molar-refractivity contribution in [2.75, 3.05) is 11.5 Å². The molecule has 1 N–H and O–H groups in total. The lowest BCUT2D eigenvalue weighted by Gasteiger charge is -2.33. The molecule has 7 heteroatoms. The summed E-state index contributed by atoms with van der Waals surface area (Å²) in [5.74, 6) is -1.44. The minimum Gasteiger partial charge on any atom is -0.480 e. The summed E-state index contributed by atoms with van der Waals surface area (Å²) in [6.07, 6.45) is 1.49. The third kappa shape index (κ3) is 3.92. The number of hydrogen-bond donors (Lipinski definition) is 1. The van der Waals surface area contributed by atoms with Crippen LogP contribution in [0.2, 0.25) is 0 Å². The van der Waals surface area contributed by atoms with Crippen LogP contribution in [0.1, 0.15) is 39.5 Å². The van der Waals surface area contributed by atoms with E-state index in [-0.39, 0.29) is 23.8 Å². The summed E-state index contributed by atoms with van der Waals surface area (Å²) in [4.78, 5) is 24.6. The first-order valence-corrected chi connectivity index (χ1v) is 8.39. The quantitative estimate of drug-likeness (QED) is 0.776. The number of rotatable bonds is 6. The maximum Gasteiger partial charge on any atom is 0.326 e. The van der Waals surface area contributed by atoms with Crippen LogP contribution in [0.25, 0.3) is 0 Å². The van der Waals surface area contributed by atoms with Gasteiger partial charge in [-0.1, -0.05) is 20.3 Å². The number of amides is 1. The van der Waals surface area contributed by atoms with Crippen LogP contribution in [0.15, 0.2) is 0 Å². The van der Waals surface area contributed by atoms with E-state index in [9.17, 15) is 23.1 Å². The average Bonchev–Trinajstić information content (AvgIpc) is 2.68. The lowest BCUT2D eigenvalue weighted by Crippen LogP contribution is -2.51. The number of aliphatic carboxylic acids is 1. The topological polar surface area (TPSA) is 91.8 Å². The molecule has 19 heavy (non-hydrogen) atoms. The van der Waals surface area contributed by atoms with Crippen molar-refractivity contribution < 1.29 is 23.1 Å². The Morgan fingerprint density at radius 2 is 2.00 bits per heavy atom. The number of carboxylic acids is 1. The second-order valence-corrected chi connectivity index (χ2v) is 7.08. The summed E-state index contributed by atoms with van der Waals surface area (Å²) >= 11 is 0. The predicted octanol–water partition coefficient (Wildman–Crippen LogP) is 0.665. The molecule has 1 rings (SSSR count). The number of carbonyl (C=O) groups excluding carboxylic acids is 1. The molecule has 1 aliphatic rings. The molecule has 1 saturated heterocycles. The van der Waals surface area contributed by atoms with Gasteiger partial charge in [-0.15, -0.1) is 0 Å². The summed E-state index contributed by atoms with van der Waals surface area (Å²) in [6, 6.07) is -1.42. The summed E-state index contributed by atoms with van der Waals surface area (Å²) in [5.41, 5.74) is 0. The van der Waals surface area contributed by atoms with Gasteiger partial charge in [-0.25, -0.2) is 13.2 Å². The van der Waals surface area contributed by atoms with Crippen molar-refractivity contribution in [2.45, 2.75) is 51.6 Å². The fourth-order valence-electron chi connectivity index (χ4n) is 2.46. The maximum absolute atomic E-state index is 12.0. The normalized spacial score (nSPS) is 22.9. The van der Waals surface area contributed by atoms with Gasteiger partial charge in [0, 0.05) is 12.5 Å². The Morgan fingerprint density at radius 1 is 1.37 bits per heavy atom. The van der Waals surface area contributed by atoms with Crippen LogP contribution in [-0.4, -0.2) is 53.9 Å². The van der Waals surface area contributed by atoms with Gasteiger partial charge >= 0.3 is 5.97 Å². The van der Waals surface area contributed by atoms with Crippen molar-refractivity contribution in [3.63, 3.8) is 0 Å². The summed E-state index contributed by atoms with van der Waals surface area (Å²) < 4.78 is 23.0. The molecule has 0 spiro atoms. The summed E-state index contributed by atoms with van der Waals surface area (Å²) in [7, 11) is -3.14. The lowest BCUT2D eigenvalue weighted by molar-refractivity contribution is -0.152. The molecule has 110 valence electrons. The second kappa shape index (κ2) is 6.36. The third-order valence-corrected chi connectivity index (χ3v) is 5.13. The zero-order chi connectivity index (χ0) is 14.6. The molecule has 1 fully saturated rings. The molecule has 0 saturated carbocycles. The van der Waals surface area contributed by atoms with Gasteiger partial charge in [0.05, 0.1) is 11.5 Å². The van der Waals surface area contributed by atoms with Crippen LogP contribution in [-0.2, 0) is 19.4 Å². The molecule has 1 aliphatic heterocycles. The van der Waals surface area contributed by atoms with E-state index >= 15 is 0 Å². The highest BCUT2D eigenvalue weighted by Crippen LogP contribution is 2.23. The molecular weight excluding hydrogens is 270 g/mol. The molecule has 0 aromatic carbocycles. The predicted molar refractivity (Wildman–Crippen MR) is 70.5 cm³/mol. The monoisotopic (exact) mass is 291 g/mol. The Morgan fingerprint density at radius 3 is 2.37 bits per heavy atom. The number of carboxylic acid groups (broad SMARTS) is 1. The molecule has 2 atom stereocenters. The molecule has 0 radical (unpaired) electrons. The van der Waals surface area contributed by atoms with E-state index in [1.807, 2.05) is 6.92 Å². The molecule has 0 bridgehead atoms. The van der Waals surface area contributed by atoms with Gasteiger partial charge in [0.15, 0.2) is 9.84 Å². The van der Waals surface area contributed by atoms with Crippen LogP contribution in [0, 0.1) is 0 Å². The van der Waals surface area contributed by atoms with Gasteiger partial charge in [-0.2, -0.15) is 0 Å². The molecule has 1 heterocycles. The Bertz CT molecular complexity index is 445. The minimum absolute atomic E-state index is 0.0314. The second-order valence-electron chi connectivity index (χ2n) is 4.85. The number of sulfone groups is 1. The molecular formula is C12H21NO5S. The maximum atomic E-state index is 12.0. The largest absolute Gasteiger partial charge is 0.480 e. The highest BCUT2D eigenvalue weighted by atomic mass is 32.2. The first-order chi connectivity index (χ1) is 8.82. The van der Waals surface area contributed by atoms with Crippen molar-refractivity contribution in [1.82, 2.24) is 4.90 Å². The van der Waals surface area contributed by atoms with Gasteiger partial charge in [-0.05, 0) is 12.8 Å². The van der Waals surface area contributed by atoms with E-state index in [0.717, 1.165) is 0 Å². The number of carbonyl (C=O) groups is 2. The molecule has 0 aliphatic carbocycles. The zero-order valence-electron chi connectivity index (χ0n) is 11.3. The van der Waals surface area contributed by atoms with E-state index < -0.39 is 27.9 Å². The van der Waals surface area contributed by atoms with Crippen LogP contribution in [0.4, 0.5) is 0 Å².